The Kier molecular flexibility index (Phi) is 4.22. The van der Waals surface area contributed by atoms with Gasteiger partial charge < -0.3 is 0 Å². The van der Waals surface area contributed by atoms with E-state index in [2.05, 4.69) is 46.5 Å². The molecule has 118 valence electrons. The van der Waals surface area contributed by atoms with Crippen LogP contribution < -0.4 is 5.56 Å². The zero-order valence-corrected chi connectivity index (χ0v) is 14.8. The van der Waals surface area contributed by atoms with E-state index >= 15 is 0 Å². The molecule has 0 aliphatic heterocycles. The van der Waals surface area contributed by atoms with Gasteiger partial charge in [-0.2, -0.15) is 0 Å². The van der Waals surface area contributed by atoms with Crippen molar-refractivity contribution in [2.75, 3.05) is 0 Å². The summed E-state index contributed by atoms with van der Waals surface area (Å²) in [6.45, 7) is 12.6. The highest BCUT2D eigenvalue weighted by Gasteiger charge is 2.21. The summed E-state index contributed by atoms with van der Waals surface area (Å²) >= 11 is 6.04. The van der Waals surface area contributed by atoms with Crippen LogP contribution in [0.4, 0.5) is 0 Å². The first-order valence-electron chi connectivity index (χ1n) is 7.40. The van der Waals surface area contributed by atoms with Crippen molar-refractivity contribution in [3.05, 3.63) is 57.2 Å². The van der Waals surface area contributed by atoms with Crippen LogP contribution in [0.15, 0.2) is 35.4 Å². The molecule has 0 amide bonds. The molecule has 2 heterocycles. The topological polar surface area (TPSA) is 34.9 Å². The van der Waals surface area contributed by atoms with Crippen molar-refractivity contribution < 1.29 is 0 Å². The van der Waals surface area contributed by atoms with Crippen LogP contribution in [0.2, 0.25) is 5.15 Å². The number of hydrogen-bond acceptors (Lipinski definition) is 2. The van der Waals surface area contributed by atoms with Crippen LogP contribution in [0, 0.1) is 0 Å². The summed E-state index contributed by atoms with van der Waals surface area (Å²) in [4.78, 5) is 16.7. The molecule has 0 saturated carbocycles. The van der Waals surface area contributed by atoms with E-state index in [0.717, 1.165) is 16.8 Å². The van der Waals surface area contributed by atoms with Crippen molar-refractivity contribution in [3.8, 4) is 5.69 Å². The fraction of sp³-hybridized carbons (Fsp3) is 0.444. The summed E-state index contributed by atoms with van der Waals surface area (Å²) < 4.78 is 1.64. The number of aromatic nitrogens is 2. The van der Waals surface area contributed by atoms with E-state index < -0.39 is 0 Å². The van der Waals surface area contributed by atoms with Crippen molar-refractivity contribution >= 4 is 11.6 Å². The van der Waals surface area contributed by atoms with Crippen LogP contribution in [0.3, 0.4) is 0 Å². The fourth-order valence-corrected chi connectivity index (χ4v) is 2.52. The first-order valence-corrected chi connectivity index (χ1v) is 7.77. The Labute approximate surface area is 137 Å². The van der Waals surface area contributed by atoms with Gasteiger partial charge in [0.25, 0.3) is 5.56 Å². The molecule has 2 aromatic heterocycles. The van der Waals surface area contributed by atoms with E-state index in [1.165, 1.54) is 0 Å². The van der Waals surface area contributed by atoms with E-state index in [-0.39, 0.29) is 16.4 Å². The maximum absolute atomic E-state index is 12.6. The predicted molar refractivity (Wildman–Crippen MR) is 92.2 cm³/mol. The Bertz CT molecular complexity index is 749. The third kappa shape index (κ3) is 3.41. The number of nitrogens with zero attached hydrogens (tertiary/aromatic N) is 2. The van der Waals surface area contributed by atoms with Crippen LogP contribution in [-0.2, 0) is 10.8 Å². The SMILES string of the molecule is CC(C)(C)c1ccn(-c2cnc(Cl)cc2C(C)(C)C)c(=O)c1. The molecular weight excluding hydrogens is 296 g/mol. The molecule has 22 heavy (non-hydrogen) atoms. The molecule has 0 saturated heterocycles. The molecule has 0 radical (unpaired) electrons. The molecule has 0 atom stereocenters. The van der Waals surface area contributed by atoms with E-state index in [4.69, 9.17) is 11.6 Å². The molecule has 0 unspecified atom stereocenters. The van der Waals surface area contributed by atoms with Gasteiger partial charge in [0.2, 0.25) is 0 Å². The second kappa shape index (κ2) is 5.54. The quantitative estimate of drug-likeness (QED) is 0.727. The highest BCUT2D eigenvalue weighted by molar-refractivity contribution is 6.29. The van der Waals surface area contributed by atoms with Gasteiger partial charge in [-0.25, -0.2) is 4.98 Å². The highest BCUT2D eigenvalue weighted by atomic mass is 35.5. The van der Waals surface area contributed by atoms with Crippen LogP contribution in [0.1, 0.15) is 52.7 Å². The minimum absolute atomic E-state index is 0.0522. The summed E-state index contributed by atoms with van der Waals surface area (Å²) in [6.07, 6.45) is 3.49. The fourth-order valence-electron chi connectivity index (χ4n) is 2.36. The van der Waals surface area contributed by atoms with Gasteiger partial charge >= 0.3 is 0 Å². The number of pyridine rings is 2. The molecule has 0 aliphatic carbocycles. The first-order chi connectivity index (χ1) is 10.00. The third-order valence-corrected chi connectivity index (χ3v) is 3.91. The minimum Gasteiger partial charge on any atom is -0.282 e. The van der Waals surface area contributed by atoms with Crippen LogP contribution in [0.5, 0.6) is 0 Å². The van der Waals surface area contributed by atoms with Gasteiger partial charge in [0.15, 0.2) is 0 Å². The summed E-state index contributed by atoms with van der Waals surface area (Å²) in [6, 6.07) is 5.52. The lowest BCUT2D eigenvalue weighted by molar-refractivity contribution is 0.579. The Hall–Kier alpha value is -1.61. The van der Waals surface area contributed by atoms with E-state index in [0.29, 0.717) is 5.15 Å². The van der Waals surface area contributed by atoms with Crippen molar-refractivity contribution in [3.63, 3.8) is 0 Å². The van der Waals surface area contributed by atoms with E-state index in [9.17, 15) is 4.79 Å². The molecule has 4 heteroatoms. The molecule has 0 aromatic carbocycles. The largest absolute Gasteiger partial charge is 0.282 e. The maximum Gasteiger partial charge on any atom is 0.255 e. The molecule has 0 N–H and O–H groups in total. The maximum atomic E-state index is 12.6. The van der Waals surface area contributed by atoms with Crippen LogP contribution in [0.25, 0.3) is 5.69 Å². The van der Waals surface area contributed by atoms with Crippen LogP contribution in [-0.4, -0.2) is 9.55 Å². The Morgan fingerprint density at radius 1 is 1.05 bits per heavy atom. The molecule has 0 bridgehead atoms. The van der Waals surface area contributed by atoms with Crippen molar-refractivity contribution in [1.29, 1.82) is 0 Å². The Morgan fingerprint density at radius 2 is 1.68 bits per heavy atom. The first kappa shape index (κ1) is 16.8. The smallest absolute Gasteiger partial charge is 0.255 e. The average molecular weight is 319 g/mol. The molecule has 0 spiro atoms. The monoisotopic (exact) mass is 318 g/mol. The minimum atomic E-state index is -0.135. The van der Waals surface area contributed by atoms with Crippen molar-refractivity contribution in [2.24, 2.45) is 0 Å². The summed E-state index contributed by atoms with van der Waals surface area (Å²) in [5, 5.41) is 0.438. The lowest BCUT2D eigenvalue weighted by Crippen LogP contribution is -2.25. The zero-order valence-electron chi connectivity index (χ0n) is 14.1. The lowest BCUT2D eigenvalue weighted by Gasteiger charge is -2.24. The Balaban J connectivity index is 2.66. The number of rotatable bonds is 1. The number of hydrogen-bond donors (Lipinski definition) is 0. The standard InChI is InChI=1S/C18H23ClN2O/c1-17(2,3)12-7-8-21(16(22)9-12)14-11-20-15(19)10-13(14)18(4,5)6/h7-11H,1-6H3. The molecular formula is C18H23ClN2O. The molecule has 2 aromatic rings. The van der Waals surface area contributed by atoms with Crippen molar-refractivity contribution in [1.82, 2.24) is 9.55 Å². The summed E-state index contributed by atoms with van der Waals surface area (Å²) in [7, 11) is 0. The van der Waals surface area contributed by atoms with Gasteiger partial charge in [-0.15, -0.1) is 0 Å². The van der Waals surface area contributed by atoms with Crippen molar-refractivity contribution in [2.45, 2.75) is 52.4 Å². The van der Waals surface area contributed by atoms with Gasteiger partial charge in [-0.1, -0.05) is 53.1 Å². The van der Waals surface area contributed by atoms with Crippen LogP contribution >= 0.6 is 11.6 Å². The molecule has 3 nitrogen and oxygen atoms in total. The van der Waals surface area contributed by atoms with Gasteiger partial charge in [-0.05, 0) is 34.1 Å². The van der Waals surface area contributed by atoms with Gasteiger partial charge in [0.1, 0.15) is 5.15 Å². The highest BCUT2D eigenvalue weighted by Crippen LogP contribution is 2.29. The summed E-state index contributed by atoms with van der Waals surface area (Å²) in [5.74, 6) is 0. The van der Waals surface area contributed by atoms with Gasteiger partial charge in [0, 0.05) is 12.3 Å². The van der Waals surface area contributed by atoms with Gasteiger partial charge in [-0.3, -0.25) is 9.36 Å². The second-order valence-corrected chi connectivity index (χ2v) is 8.04. The normalized spacial score (nSPS) is 12.5. The Morgan fingerprint density at radius 3 is 2.18 bits per heavy atom. The second-order valence-electron chi connectivity index (χ2n) is 7.65. The third-order valence-electron chi connectivity index (χ3n) is 3.70. The molecule has 2 rings (SSSR count). The lowest BCUT2D eigenvalue weighted by atomic mass is 9.86. The van der Waals surface area contributed by atoms with Gasteiger partial charge in [0.05, 0.1) is 11.9 Å². The van der Waals surface area contributed by atoms with E-state index in [1.54, 1.807) is 16.8 Å². The number of halogens is 1. The van der Waals surface area contributed by atoms with E-state index in [1.807, 2.05) is 18.3 Å². The predicted octanol–water partition coefficient (Wildman–Crippen LogP) is 4.48. The zero-order chi connectivity index (χ0) is 16.7. The molecule has 0 fully saturated rings. The summed E-state index contributed by atoms with van der Waals surface area (Å²) in [5.41, 5.74) is 2.56. The molecule has 0 aliphatic rings. The average Bonchev–Trinajstić information content (AvgIpc) is 2.37.